The van der Waals surface area contributed by atoms with E-state index in [2.05, 4.69) is 15.2 Å². The van der Waals surface area contributed by atoms with Gasteiger partial charge in [0.05, 0.1) is 15.6 Å². The van der Waals surface area contributed by atoms with Gasteiger partial charge in [0.2, 0.25) is 0 Å². The Bertz CT molecular complexity index is 1430. The van der Waals surface area contributed by atoms with Gasteiger partial charge in [-0.3, -0.25) is 9.52 Å². The van der Waals surface area contributed by atoms with Crippen LogP contribution in [0.5, 0.6) is 0 Å². The van der Waals surface area contributed by atoms with Crippen LogP contribution in [0.1, 0.15) is 22.2 Å². The van der Waals surface area contributed by atoms with Crippen molar-refractivity contribution in [3.63, 3.8) is 0 Å². The van der Waals surface area contributed by atoms with Gasteiger partial charge in [-0.05, 0) is 42.8 Å². The number of hydrazone groups is 1. The molecule has 4 aromatic rings. The standard InChI is InChI=1S/C23H18ClN3O3S2/c1-15(25-26-23(28)22-21(24)19-12-5-6-13-20(19)31-22)16-8-7-9-17(14-16)27-32(29,30)18-10-3-2-4-11-18/h2-14,27H,1H3,(H,26,28)/b25-15+. The van der Waals surface area contributed by atoms with Crippen LogP contribution in [0.25, 0.3) is 10.1 Å². The van der Waals surface area contributed by atoms with Crippen molar-refractivity contribution in [2.45, 2.75) is 11.8 Å². The maximum absolute atomic E-state index is 12.6. The number of sulfonamides is 1. The van der Waals surface area contributed by atoms with Crippen LogP contribution in [-0.2, 0) is 10.0 Å². The number of thiophene rings is 1. The number of hydrogen-bond donors (Lipinski definition) is 2. The Kier molecular flexibility index (Phi) is 6.27. The Morgan fingerprint density at radius 2 is 1.69 bits per heavy atom. The topological polar surface area (TPSA) is 87.6 Å². The largest absolute Gasteiger partial charge is 0.283 e. The maximum Gasteiger partial charge on any atom is 0.283 e. The second-order valence-electron chi connectivity index (χ2n) is 6.88. The monoisotopic (exact) mass is 483 g/mol. The normalized spacial score (nSPS) is 12.0. The van der Waals surface area contributed by atoms with Gasteiger partial charge in [0.15, 0.2) is 0 Å². The van der Waals surface area contributed by atoms with E-state index in [0.717, 1.165) is 10.1 Å². The number of rotatable bonds is 6. The molecule has 0 spiro atoms. The van der Waals surface area contributed by atoms with Crippen LogP contribution in [0.4, 0.5) is 5.69 Å². The number of carbonyl (C=O) groups excluding carboxylic acids is 1. The molecule has 3 aromatic carbocycles. The molecule has 6 nitrogen and oxygen atoms in total. The van der Waals surface area contributed by atoms with Crippen molar-refractivity contribution in [2.75, 3.05) is 4.72 Å². The Morgan fingerprint density at radius 1 is 0.969 bits per heavy atom. The highest BCUT2D eigenvalue weighted by Gasteiger charge is 2.17. The van der Waals surface area contributed by atoms with Gasteiger partial charge in [0, 0.05) is 15.8 Å². The third-order valence-electron chi connectivity index (χ3n) is 4.65. The molecule has 0 radical (unpaired) electrons. The lowest BCUT2D eigenvalue weighted by Gasteiger charge is -2.09. The Labute approximate surface area is 194 Å². The van der Waals surface area contributed by atoms with Gasteiger partial charge >= 0.3 is 0 Å². The first-order valence-electron chi connectivity index (χ1n) is 9.55. The highest BCUT2D eigenvalue weighted by molar-refractivity contribution is 7.92. The first-order valence-corrected chi connectivity index (χ1v) is 12.2. The van der Waals surface area contributed by atoms with Crippen molar-refractivity contribution < 1.29 is 13.2 Å². The number of benzene rings is 3. The van der Waals surface area contributed by atoms with E-state index < -0.39 is 15.9 Å². The molecule has 1 aromatic heterocycles. The molecule has 2 N–H and O–H groups in total. The van der Waals surface area contributed by atoms with E-state index in [-0.39, 0.29) is 4.90 Å². The van der Waals surface area contributed by atoms with Crippen molar-refractivity contribution in [3.8, 4) is 0 Å². The van der Waals surface area contributed by atoms with Crippen LogP contribution < -0.4 is 10.1 Å². The van der Waals surface area contributed by atoms with Gasteiger partial charge in [-0.25, -0.2) is 13.8 Å². The number of nitrogens with one attached hydrogen (secondary N) is 2. The van der Waals surface area contributed by atoms with Gasteiger partial charge in [-0.1, -0.05) is 60.1 Å². The molecule has 9 heteroatoms. The lowest BCUT2D eigenvalue weighted by Crippen LogP contribution is -2.18. The number of hydrogen-bond acceptors (Lipinski definition) is 5. The summed E-state index contributed by atoms with van der Waals surface area (Å²) in [5.74, 6) is -0.406. The first kappa shape index (κ1) is 22.0. The number of fused-ring (bicyclic) bond motifs is 1. The summed E-state index contributed by atoms with van der Waals surface area (Å²) in [6, 6.07) is 22.4. The molecule has 0 unspecified atom stereocenters. The summed E-state index contributed by atoms with van der Waals surface area (Å²) >= 11 is 7.65. The van der Waals surface area contributed by atoms with Crippen LogP contribution in [0.3, 0.4) is 0 Å². The number of halogens is 1. The van der Waals surface area contributed by atoms with Crippen LogP contribution in [-0.4, -0.2) is 20.0 Å². The third-order valence-corrected chi connectivity index (χ3v) is 7.72. The van der Waals surface area contributed by atoms with Crippen molar-refractivity contribution in [1.29, 1.82) is 0 Å². The van der Waals surface area contributed by atoms with Gasteiger partial charge in [0.1, 0.15) is 4.88 Å². The van der Waals surface area contributed by atoms with E-state index in [0.29, 0.717) is 26.9 Å². The van der Waals surface area contributed by atoms with Crippen molar-refractivity contribution in [3.05, 3.63) is 94.3 Å². The van der Waals surface area contributed by atoms with Gasteiger partial charge in [-0.15, -0.1) is 11.3 Å². The van der Waals surface area contributed by atoms with E-state index >= 15 is 0 Å². The zero-order valence-corrected chi connectivity index (χ0v) is 19.3. The van der Waals surface area contributed by atoms with E-state index in [9.17, 15) is 13.2 Å². The van der Waals surface area contributed by atoms with Crippen LogP contribution >= 0.6 is 22.9 Å². The molecule has 0 aliphatic carbocycles. The molecule has 0 aliphatic heterocycles. The summed E-state index contributed by atoms with van der Waals surface area (Å²) in [6.45, 7) is 1.72. The fourth-order valence-electron chi connectivity index (χ4n) is 3.03. The Morgan fingerprint density at radius 3 is 2.44 bits per heavy atom. The highest BCUT2D eigenvalue weighted by atomic mass is 35.5. The second-order valence-corrected chi connectivity index (χ2v) is 9.99. The Balaban J connectivity index is 1.51. The van der Waals surface area contributed by atoms with Crippen LogP contribution in [0.15, 0.2) is 88.9 Å². The first-order chi connectivity index (χ1) is 15.3. The summed E-state index contributed by atoms with van der Waals surface area (Å²) < 4.78 is 28.6. The average Bonchev–Trinajstić information content (AvgIpc) is 3.14. The molecule has 0 saturated carbocycles. The Hall–Kier alpha value is -3.20. The predicted molar refractivity (Wildman–Crippen MR) is 130 cm³/mol. The maximum atomic E-state index is 12.6. The molecular formula is C23H18ClN3O3S2. The fraction of sp³-hybridized carbons (Fsp3) is 0.0435. The molecule has 32 heavy (non-hydrogen) atoms. The minimum atomic E-state index is -3.71. The van der Waals surface area contributed by atoms with Crippen LogP contribution in [0, 0.1) is 0 Å². The lowest BCUT2D eigenvalue weighted by atomic mass is 10.1. The molecule has 1 amide bonds. The summed E-state index contributed by atoms with van der Waals surface area (Å²) in [5, 5.41) is 5.38. The number of nitrogens with zero attached hydrogens (tertiary/aromatic N) is 1. The van der Waals surface area contributed by atoms with Gasteiger partial charge < -0.3 is 0 Å². The minimum absolute atomic E-state index is 0.170. The molecule has 162 valence electrons. The molecule has 1 heterocycles. The summed E-state index contributed by atoms with van der Waals surface area (Å²) in [4.78, 5) is 13.2. The second kappa shape index (κ2) is 9.12. The fourth-order valence-corrected chi connectivity index (χ4v) is 5.51. The van der Waals surface area contributed by atoms with Gasteiger partial charge in [-0.2, -0.15) is 5.10 Å². The number of carbonyl (C=O) groups is 1. The van der Waals surface area contributed by atoms with Crippen molar-refractivity contribution in [2.24, 2.45) is 5.10 Å². The molecule has 0 atom stereocenters. The van der Waals surface area contributed by atoms with E-state index in [4.69, 9.17) is 11.6 Å². The summed E-state index contributed by atoms with van der Waals surface area (Å²) in [7, 11) is -3.71. The zero-order chi connectivity index (χ0) is 22.7. The summed E-state index contributed by atoms with van der Waals surface area (Å²) in [6.07, 6.45) is 0. The van der Waals surface area contributed by atoms with E-state index in [1.807, 2.05) is 24.3 Å². The zero-order valence-electron chi connectivity index (χ0n) is 16.9. The third kappa shape index (κ3) is 4.67. The molecule has 0 fully saturated rings. The molecule has 0 aliphatic rings. The number of amides is 1. The van der Waals surface area contributed by atoms with Gasteiger partial charge in [0.25, 0.3) is 15.9 Å². The molecule has 0 saturated heterocycles. The quantitative estimate of drug-likeness (QED) is 0.280. The highest BCUT2D eigenvalue weighted by Crippen LogP contribution is 2.35. The van der Waals surface area contributed by atoms with Crippen molar-refractivity contribution in [1.82, 2.24) is 5.43 Å². The van der Waals surface area contributed by atoms with Crippen LogP contribution in [0.2, 0.25) is 5.02 Å². The SMILES string of the molecule is C/C(=N\NC(=O)c1sc2ccccc2c1Cl)c1cccc(NS(=O)(=O)c2ccccc2)c1. The van der Waals surface area contributed by atoms with E-state index in [1.165, 1.54) is 23.5 Å². The molecule has 0 bridgehead atoms. The number of anilines is 1. The van der Waals surface area contributed by atoms with Crippen molar-refractivity contribution >= 4 is 60.4 Å². The smallest absolute Gasteiger partial charge is 0.280 e. The summed E-state index contributed by atoms with van der Waals surface area (Å²) in [5.41, 5.74) is 4.08. The average molecular weight is 484 g/mol. The molecular weight excluding hydrogens is 466 g/mol. The van der Waals surface area contributed by atoms with E-state index in [1.54, 1.807) is 49.4 Å². The lowest BCUT2D eigenvalue weighted by molar-refractivity contribution is 0.0959. The minimum Gasteiger partial charge on any atom is -0.280 e. The molecule has 4 rings (SSSR count). The predicted octanol–water partition coefficient (Wildman–Crippen LogP) is 5.51.